The maximum atomic E-state index is 13.6. The van der Waals surface area contributed by atoms with E-state index >= 15 is 0 Å². The van der Waals surface area contributed by atoms with Gasteiger partial charge in [-0.1, -0.05) is 26.8 Å². The molecule has 0 spiro atoms. The largest absolute Gasteiger partial charge is 0.392 e. The average molecular weight is 447 g/mol. The molecule has 1 aromatic carbocycles. The molecule has 0 aromatic heterocycles. The Balaban J connectivity index is 1.76. The van der Waals surface area contributed by atoms with E-state index in [4.69, 9.17) is 0 Å². The van der Waals surface area contributed by atoms with Crippen LogP contribution in [0.1, 0.15) is 70.7 Å². The van der Waals surface area contributed by atoms with Gasteiger partial charge in [-0.2, -0.15) is 0 Å². The molecule has 7 unspecified atom stereocenters. The van der Waals surface area contributed by atoms with Gasteiger partial charge in [-0.25, -0.2) is 4.39 Å². The third-order valence-corrected chi connectivity index (χ3v) is 8.40. The Morgan fingerprint density at radius 3 is 2.53 bits per heavy atom. The number of hydrogen-bond acceptors (Lipinski definition) is 3. The van der Waals surface area contributed by atoms with E-state index in [9.17, 15) is 19.1 Å². The van der Waals surface area contributed by atoms with Gasteiger partial charge in [0.15, 0.2) is 0 Å². The van der Waals surface area contributed by atoms with E-state index in [2.05, 4.69) is 19.2 Å². The maximum Gasteiger partial charge on any atom is 0.251 e. The molecule has 0 heterocycles. The lowest BCUT2D eigenvalue weighted by Crippen LogP contribution is -2.58. The number of halogens is 1. The van der Waals surface area contributed by atoms with Gasteiger partial charge in [-0.3, -0.25) is 9.59 Å². The first-order valence-electron chi connectivity index (χ1n) is 12.2. The number of benzene rings is 1. The molecule has 0 aliphatic heterocycles. The smallest absolute Gasteiger partial charge is 0.251 e. The van der Waals surface area contributed by atoms with E-state index < -0.39 is 11.9 Å². The van der Waals surface area contributed by atoms with Crippen molar-refractivity contribution in [3.63, 3.8) is 0 Å². The highest BCUT2D eigenvalue weighted by atomic mass is 19.1. The maximum absolute atomic E-state index is 13.6. The second-order valence-corrected chi connectivity index (χ2v) is 10.2. The summed E-state index contributed by atoms with van der Waals surface area (Å²) < 4.78 is 13.6. The number of nitrogens with one attached hydrogen (secondary N) is 1. The fourth-order valence-electron chi connectivity index (χ4n) is 6.39. The fraction of sp³-hybridized carbons (Fsp3) is 0.692. The highest BCUT2D eigenvalue weighted by Crippen LogP contribution is 2.55. The van der Waals surface area contributed by atoms with Crippen molar-refractivity contribution in [1.29, 1.82) is 0 Å². The minimum absolute atomic E-state index is 0.000220. The fourth-order valence-corrected chi connectivity index (χ4v) is 6.39. The Bertz CT molecular complexity index is 827. The molecule has 3 rings (SSSR count). The molecule has 7 atom stereocenters. The normalized spacial score (nSPS) is 33.2. The zero-order valence-electron chi connectivity index (χ0n) is 20.1. The number of hydrogen-bond donors (Lipinski definition) is 2. The minimum atomic E-state index is -0.591. The van der Waals surface area contributed by atoms with Crippen LogP contribution in [0.25, 0.3) is 0 Å². The van der Waals surface area contributed by atoms with Crippen LogP contribution in [0.2, 0.25) is 0 Å². The molecule has 5 nitrogen and oxygen atoms in total. The summed E-state index contributed by atoms with van der Waals surface area (Å²) in [5, 5.41) is 14.6. The van der Waals surface area contributed by atoms with Crippen LogP contribution in [0.15, 0.2) is 24.3 Å². The highest BCUT2D eigenvalue weighted by molar-refractivity contribution is 5.94. The third kappa shape index (κ3) is 4.70. The first-order valence-corrected chi connectivity index (χ1v) is 12.2. The van der Waals surface area contributed by atoms with Crippen LogP contribution < -0.4 is 5.32 Å². The van der Waals surface area contributed by atoms with Crippen LogP contribution in [0.4, 0.5) is 4.39 Å². The third-order valence-electron chi connectivity index (χ3n) is 8.40. The molecule has 2 fully saturated rings. The van der Waals surface area contributed by atoms with Gasteiger partial charge in [0.1, 0.15) is 5.82 Å². The van der Waals surface area contributed by atoms with Crippen LogP contribution >= 0.6 is 0 Å². The van der Waals surface area contributed by atoms with Crippen LogP contribution in [0.3, 0.4) is 0 Å². The summed E-state index contributed by atoms with van der Waals surface area (Å²) in [6.45, 7) is 11.6. The van der Waals surface area contributed by atoms with E-state index in [0.717, 1.165) is 25.7 Å². The van der Waals surface area contributed by atoms with Gasteiger partial charge in [-0.15, -0.1) is 0 Å². The second-order valence-electron chi connectivity index (χ2n) is 10.2. The summed E-state index contributed by atoms with van der Waals surface area (Å²) in [5.74, 6) is -0.858. The monoisotopic (exact) mass is 446 g/mol. The predicted molar refractivity (Wildman–Crippen MR) is 123 cm³/mol. The second kappa shape index (κ2) is 9.90. The molecule has 2 aliphatic rings. The lowest BCUT2D eigenvalue weighted by atomic mass is 9.51. The molecule has 6 heteroatoms. The van der Waals surface area contributed by atoms with Crippen molar-refractivity contribution in [2.75, 3.05) is 13.1 Å². The Morgan fingerprint density at radius 2 is 1.91 bits per heavy atom. The number of aliphatic hydroxyl groups excluding tert-OH is 1. The predicted octanol–water partition coefficient (Wildman–Crippen LogP) is 4.25. The number of amides is 2. The number of rotatable bonds is 6. The van der Waals surface area contributed by atoms with E-state index in [1.54, 1.807) is 6.07 Å². The molecule has 0 saturated heterocycles. The Kier molecular flexibility index (Phi) is 7.64. The van der Waals surface area contributed by atoms with Crippen molar-refractivity contribution < 1.29 is 19.1 Å². The van der Waals surface area contributed by atoms with E-state index in [0.29, 0.717) is 18.7 Å². The van der Waals surface area contributed by atoms with Crippen molar-refractivity contribution in [1.82, 2.24) is 10.2 Å². The lowest BCUT2D eigenvalue weighted by Gasteiger charge is -2.56. The Morgan fingerprint density at radius 1 is 1.25 bits per heavy atom. The molecule has 1 aromatic rings. The summed E-state index contributed by atoms with van der Waals surface area (Å²) in [7, 11) is 0. The van der Waals surface area contributed by atoms with Gasteiger partial charge in [0.25, 0.3) is 5.91 Å². The van der Waals surface area contributed by atoms with E-state index in [1.807, 2.05) is 25.7 Å². The number of aliphatic hydroxyl groups is 1. The molecule has 2 saturated carbocycles. The molecule has 2 amide bonds. The number of carbonyl (C=O) groups is 2. The summed E-state index contributed by atoms with van der Waals surface area (Å²) in [6, 6.07) is 5.63. The number of fused-ring (bicyclic) bond motifs is 1. The van der Waals surface area contributed by atoms with Crippen molar-refractivity contribution in [2.45, 2.75) is 72.4 Å². The van der Waals surface area contributed by atoms with Crippen LogP contribution in [-0.4, -0.2) is 47.1 Å². The van der Waals surface area contributed by atoms with Crippen LogP contribution in [0, 0.1) is 34.9 Å². The van der Waals surface area contributed by atoms with Crippen molar-refractivity contribution in [2.24, 2.45) is 29.1 Å². The quantitative estimate of drug-likeness (QED) is 0.686. The van der Waals surface area contributed by atoms with Gasteiger partial charge in [-0.05, 0) is 80.9 Å². The van der Waals surface area contributed by atoms with E-state index in [1.165, 1.54) is 18.2 Å². The molecule has 32 heavy (non-hydrogen) atoms. The van der Waals surface area contributed by atoms with Crippen LogP contribution in [-0.2, 0) is 4.79 Å². The standard InChI is InChI=1S/C26H39FN2O3/c1-6-29(7-2)25(32)16(3)20-11-13-26(5)14-12-21(17(4)22(26)23(20)30)28-24(31)18-9-8-10-19(27)15-18/h8-10,15-17,20-23,30H,6-7,11-14H2,1-5H3,(H,28,31). The molecular formula is C26H39FN2O3. The summed E-state index contributed by atoms with van der Waals surface area (Å²) in [4.78, 5) is 27.6. The zero-order chi connectivity index (χ0) is 23.6. The molecular weight excluding hydrogens is 407 g/mol. The van der Waals surface area contributed by atoms with E-state index in [-0.39, 0.29) is 46.9 Å². The van der Waals surface area contributed by atoms with Gasteiger partial charge in [0.2, 0.25) is 5.91 Å². The zero-order valence-corrected chi connectivity index (χ0v) is 20.1. The molecule has 0 bridgehead atoms. The minimum Gasteiger partial charge on any atom is -0.392 e. The first-order chi connectivity index (χ1) is 15.1. The topological polar surface area (TPSA) is 69.6 Å². The Hall–Kier alpha value is -1.95. The highest BCUT2D eigenvalue weighted by Gasteiger charge is 2.54. The SMILES string of the molecule is CCN(CC)C(=O)C(C)C1CCC2(C)CCC(NC(=O)c3cccc(F)c3)C(C)C2C1O. The summed E-state index contributed by atoms with van der Waals surface area (Å²) in [6.07, 6.45) is 2.98. The van der Waals surface area contributed by atoms with Crippen molar-refractivity contribution in [3.8, 4) is 0 Å². The summed E-state index contributed by atoms with van der Waals surface area (Å²) in [5.41, 5.74) is 0.305. The van der Waals surface area contributed by atoms with Gasteiger partial charge in [0.05, 0.1) is 6.10 Å². The van der Waals surface area contributed by atoms with Crippen LogP contribution in [0.5, 0.6) is 0 Å². The van der Waals surface area contributed by atoms with Crippen molar-refractivity contribution in [3.05, 3.63) is 35.6 Å². The van der Waals surface area contributed by atoms with Gasteiger partial charge < -0.3 is 15.3 Å². The van der Waals surface area contributed by atoms with Gasteiger partial charge >= 0.3 is 0 Å². The Labute approximate surface area is 191 Å². The van der Waals surface area contributed by atoms with Gasteiger partial charge in [0, 0.05) is 30.6 Å². The van der Waals surface area contributed by atoms with Crippen molar-refractivity contribution >= 4 is 11.8 Å². The average Bonchev–Trinajstić information content (AvgIpc) is 2.76. The molecule has 2 N–H and O–H groups in total. The number of carbonyl (C=O) groups excluding carboxylic acids is 2. The lowest BCUT2D eigenvalue weighted by molar-refractivity contribution is -0.149. The first kappa shape index (κ1) is 24.7. The summed E-state index contributed by atoms with van der Waals surface area (Å²) >= 11 is 0. The molecule has 2 aliphatic carbocycles. The molecule has 178 valence electrons. The number of nitrogens with zero attached hydrogens (tertiary/aromatic N) is 1. The molecule has 0 radical (unpaired) electrons.